The Morgan fingerprint density at radius 2 is 2.05 bits per heavy atom. The quantitative estimate of drug-likeness (QED) is 0.845. The van der Waals surface area contributed by atoms with E-state index >= 15 is 0 Å². The SMILES string of the molecule is CCC1C(=O)N2CCCCC2C(=O)N1c1cnn(CC)c1. The second-order valence-corrected chi connectivity index (χ2v) is 5.73. The van der Waals surface area contributed by atoms with Crippen LogP contribution in [0.25, 0.3) is 0 Å². The third kappa shape index (κ3) is 2.22. The van der Waals surface area contributed by atoms with E-state index < -0.39 is 0 Å². The second-order valence-electron chi connectivity index (χ2n) is 5.73. The van der Waals surface area contributed by atoms with Gasteiger partial charge in [-0.3, -0.25) is 19.2 Å². The van der Waals surface area contributed by atoms with E-state index in [1.807, 2.05) is 20.0 Å². The summed E-state index contributed by atoms with van der Waals surface area (Å²) in [5, 5.41) is 4.24. The van der Waals surface area contributed by atoms with E-state index in [0.29, 0.717) is 13.0 Å². The highest BCUT2D eigenvalue weighted by atomic mass is 16.2. The maximum atomic E-state index is 12.9. The maximum Gasteiger partial charge on any atom is 0.250 e. The fraction of sp³-hybridized carbons (Fsp3) is 0.667. The molecule has 0 aromatic carbocycles. The minimum atomic E-state index is -0.388. The number of piperidine rings is 1. The van der Waals surface area contributed by atoms with Gasteiger partial charge in [0, 0.05) is 19.3 Å². The number of anilines is 1. The summed E-state index contributed by atoms with van der Waals surface area (Å²) in [5.74, 6) is 0.142. The van der Waals surface area contributed by atoms with Crippen LogP contribution in [-0.4, -0.2) is 45.1 Å². The van der Waals surface area contributed by atoms with Gasteiger partial charge < -0.3 is 4.90 Å². The monoisotopic (exact) mass is 290 g/mol. The predicted octanol–water partition coefficient (Wildman–Crippen LogP) is 1.41. The van der Waals surface area contributed by atoms with Crippen molar-refractivity contribution in [1.29, 1.82) is 0 Å². The van der Waals surface area contributed by atoms with E-state index in [2.05, 4.69) is 5.10 Å². The Labute approximate surface area is 124 Å². The largest absolute Gasteiger partial charge is 0.329 e. The number of hydrogen-bond acceptors (Lipinski definition) is 3. The molecule has 3 rings (SSSR count). The number of fused-ring (bicyclic) bond motifs is 1. The Morgan fingerprint density at radius 3 is 2.71 bits per heavy atom. The minimum Gasteiger partial charge on any atom is -0.329 e. The summed E-state index contributed by atoms with van der Waals surface area (Å²) in [6.45, 7) is 5.42. The summed E-state index contributed by atoms with van der Waals surface area (Å²) >= 11 is 0. The molecule has 6 nitrogen and oxygen atoms in total. The topological polar surface area (TPSA) is 58.4 Å². The molecule has 2 fully saturated rings. The van der Waals surface area contributed by atoms with E-state index in [1.54, 1.807) is 20.7 Å². The summed E-state index contributed by atoms with van der Waals surface area (Å²) in [6, 6.07) is -0.666. The van der Waals surface area contributed by atoms with Gasteiger partial charge in [0.05, 0.1) is 11.9 Å². The van der Waals surface area contributed by atoms with Crippen LogP contribution >= 0.6 is 0 Å². The zero-order valence-corrected chi connectivity index (χ0v) is 12.7. The van der Waals surface area contributed by atoms with Gasteiger partial charge in [-0.25, -0.2) is 0 Å². The molecule has 2 amide bonds. The van der Waals surface area contributed by atoms with Crippen molar-refractivity contribution in [1.82, 2.24) is 14.7 Å². The molecule has 0 radical (unpaired) electrons. The van der Waals surface area contributed by atoms with Gasteiger partial charge in [0.1, 0.15) is 12.1 Å². The lowest BCUT2D eigenvalue weighted by Crippen LogP contribution is -2.66. The van der Waals surface area contributed by atoms with Gasteiger partial charge in [0.25, 0.3) is 5.91 Å². The van der Waals surface area contributed by atoms with Crippen molar-refractivity contribution < 1.29 is 9.59 Å². The molecule has 3 heterocycles. The highest BCUT2D eigenvalue weighted by Gasteiger charge is 2.46. The lowest BCUT2D eigenvalue weighted by molar-refractivity contribution is -0.148. The molecule has 0 saturated carbocycles. The Bertz CT molecular complexity index is 554. The van der Waals surface area contributed by atoms with Crippen molar-refractivity contribution in [2.24, 2.45) is 0 Å². The Balaban J connectivity index is 1.96. The van der Waals surface area contributed by atoms with E-state index in [1.165, 1.54) is 0 Å². The third-order valence-corrected chi connectivity index (χ3v) is 4.51. The van der Waals surface area contributed by atoms with Gasteiger partial charge in [0.15, 0.2) is 0 Å². The van der Waals surface area contributed by atoms with Crippen LogP contribution in [0.1, 0.15) is 39.5 Å². The number of rotatable bonds is 3. The highest BCUT2D eigenvalue weighted by molar-refractivity contribution is 6.08. The summed E-state index contributed by atoms with van der Waals surface area (Å²) in [7, 11) is 0. The van der Waals surface area contributed by atoms with Crippen molar-refractivity contribution in [3.63, 3.8) is 0 Å². The molecule has 2 aliphatic rings. The van der Waals surface area contributed by atoms with Crippen molar-refractivity contribution >= 4 is 17.5 Å². The second kappa shape index (κ2) is 5.50. The molecule has 1 aromatic rings. The molecular formula is C15H22N4O2. The molecule has 0 spiro atoms. The molecule has 0 aliphatic carbocycles. The molecule has 21 heavy (non-hydrogen) atoms. The highest BCUT2D eigenvalue weighted by Crippen LogP contribution is 2.31. The predicted molar refractivity (Wildman–Crippen MR) is 78.8 cm³/mol. The van der Waals surface area contributed by atoms with Gasteiger partial charge in [-0.15, -0.1) is 0 Å². The first-order valence-corrected chi connectivity index (χ1v) is 7.83. The van der Waals surface area contributed by atoms with Crippen molar-refractivity contribution in [3.05, 3.63) is 12.4 Å². The van der Waals surface area contributed by atoms with Gasteiger partial charge in [-0.1, -0.05) is 6.92 Å². The van der Waals surface area contributed by atoms with E-state index in [-0.39, 0.29) is 23.9 Å². The number of carbonyl (C=O) groups excluding carboxylic acids is 2. The third-order valence-electron chi connectivity index (χ3n) is 4.51. The molecule has 6 heteroatoms. The minimum absolute atomic E-state index is 0.0526. The van der Waals surface area contributed by atoms with Crippen molar-refractivity contribution in [3.8, 4) is 0 Å². The van der Waals surface area contributed by atoms with Gasteiger partial charge in [0.2, 0.25) is 5.91 Å². The maximum absolute atomic E-state index is 12.9. The number of hydrogen-bond donors (Lipinski definition) is 0. The number of amides is 2. The van der Waals surface area contributed by atoms with Gasteiger partial charge >= 0.3 is 0 Å². The Morgan fingerprint density at radius 1 is 1.24 bits per heavy atom. The molecule has 1 aromatic heterocycles. The zero-order valence-electron chi connectivity index (χ0n) is 12.7. The molecule has 114 valence electrons. The molecule has 2 atom stereocenters. The molecule has 0 N–H and O–H groups in total. The molecule has 0 bridgehead atoms. The van der Waals surface area contributed by atoms with Crippen LogP contribution in [0.3, 0.4) is 0 Å². The van der Waals surface area contributed by atoms with Crippen LogP contribution in [-0.2, 0) is 16.1 Å². The number of piperazine rings is 1. The van der Waals surface area contributed by atoms with Gasteiger partial charge in [-0.2, -0.15) is 5.10 Å². The van der Waals surface area contributed by atoms with E-state index in [9.17, 15) is 9.59 Å². The smallest absolute Gasteiger partial charge is 0.250 e. The van der Waals surface area contributed by atoms with Crippen LogP contribution < -0.4 is 4.90 Å². The fourth-order valence-electron chi connectivity index (χ4n) is 3.38. The molecule has 2 aliphatic heterocycles. The lowest BCUT2D eigenvalue weighted by Gasteiger charge is -2.46. The number of carbonyl (C=O) groups is 2. The van der Waals surface area contributed by atoms with Crippen LogP contribution in [0, 0.1) is 0 Å². The summed E-state index contributed by atoms with van der Waals surface area (Å²) in [5.41, 5.74) is 0.743. The standard InChI is InChI=1S/C15H22N4O2/c1-3-12-14(20)18-8-6-5-7-13(18)15(21)19(12)11-9-16-17(4-2)10-11/h9-10,12-13H,3-8H2,1-2H3. The Hall–Kier alpha value is -1.85. The molecular weight excluding hydrogens is 268 g/mol. The summed E-state index contributed by atoms with van der Waals surface area (Å²) in [6.07, 6.45) is 6.96. The average Bonchev–Trinajstić information content (AvgIpc) is 2.99. The molecule has 2 saturated heterocycles. The number of nitrogens with zero attached hydrogens (tertiary/aromatic N) is 4. The average molecular weight is 290 g/mol. The fourth-order valence-corrected chi connectivity index (χ4v) is 3.38. The van der Waals surface area contributed by atoms with E-state index in [0.717, 1.165) is 31.5 Å². The zero-order chi connectivity index (χ0) is 15.0. The number of aryl methyl sites for hydroxylation is 1. The first-order valence-electron chi connectivity index (χ1n) is 7.83. The Kier molecular flexibility index (Phi) is 3.69. The summed E-state index contributed by atoms with van der Waals surface area (Å²) < 4.78 is 1.78. The normalized spacial score (nSPS) is 26.2. The first kappa shape index (κ1) is 14.1. The van der Waals surface area contributed by atoms with Crippen molar-refractivity contribution in [2.75, 3.05) is 11.4 Å². The summed E-state index contributed by atoms with van der Waals surface area (Å²) in [4.78, 5) is 29.0. The van der Waals surface area contributed by atoms with Crippen LogP contribution in [0.2, 0.25) is 0 Å². The van der Waals surface area contributed by atoms with Gasteiger partial charge in [-0.05, 0) is 32.6 Å². The number of aromatic nitrogens is 2. The van der Waals surface area contributed by atoms with Crippen molar-refractivity contribution in [2.45, 2.75) is 58.2 Å². The van der Waals surface area contributed by atoms with Crippen LogP contribution in [0.5, 0.6) is 0 Å². The lowest BCUT2D eigenvalue weighted by atomic mass is 9.94. The van der Waals surface area contributed by atoms with Crippen LogP contribution in [0.15, 0.2) is 12.4 Å². The van der Waals surface area contributed by atoms with E-state index in [4.69, 9.17) is 0 Å². The molecule has 2 unspecified atom stereocenters. The first-order chi connectivity index (χ1) is 10.2. The van der Waals surface area contributed by atoms with Crippen LogP contribution in [0.4, 0.5) is 5.69 Å².